The predicted octanol–water partition coefficient (Wildman–Crippen LogP) is 3.34. The molecule has 2 aromatic carbocycles. The average molecular weight is 437 g/mol. The molecule has 2 rings (SSSR count). The van der Waals surface area contributed by atoms with Crippen LogP contribution in [0.1, 0.15) is 17.5 Å². The largest absolute Gasteiger partial charge is 0.468 e. The average Bonchev–Trinajstić information content (AvgIpc) is 2.66. The molecule has 2 N–H and O–H groups in total. The van der Waals surface area contributed by atoms with E-state index in [2.05, 4.69) is 14.8 Å². The van der Waals surface area contributed by atoms with Gasteiger partial charge in [0.05, 0.1) is 17.8 Å². The van der Waals surface area contributed by atoms with Crippen molar-refractivity contribution >= 4 is 45.0 Å². The number of esters is 1. The van der Waals surface area contributed by atoms with Gasteiger partial charge in [0, 0.05) is 23.5 Å². The van der Waals surface area contributed by atoms with Crippen molar-refractivity contribution in [3.63, 3.8) is 0 Å². The number of sulfonamides is 1. The molecular weight excluding hydrogens is 412 g/mol. The molecule has 0 fully saturated rings. The summed E-state index contributed by atoms with van der Waals surface area (Å²) >= 11 is 1.30. The van der Waals surface area contributed by atoms with Gasteiger partial charge < -0.3 is 10.1 Å². The number of anilines is 2. The van der Waals surface area contributed by atoms with E-state index in [0.717, 1.165) is 5.56 Å². The highest BCUT2D eigenvalue weighted by atomic mass is 32.2. The van der Waals surface area contributed by atoms with Crippen LogP contribution in [0.15, 0.2) is 47.4 Å². The van der Waals surface area contributed by atoms with Crippen molar-refractivity contribution in [2.24, 2.45) is 0 Å². The van der Waals surface area contributed by atoms with Gasteiger partial charge in [0.2, 0.25) is 5.91 Å². The Morgan fingerprint density at radius 3 is 2.52 bits per heavy atom. The Hall–Kier alpha value is -2.52. The number of carbonyl (C=O) groups excluding carboxylic acids is 2. The van der Waals surface area contributed by atoms with E-state index in [0.29, 0.717) is 22.7 Å². The van der Waals surface area contributed by atoms with Gasteiger partial charge >= 0.3 is 5.97 Å². The monoisotopic (exact) mass is 436 g/mol. The lowest BCUT2D eigenvalue weighted by Gasteiger charge is -2.13. The number of rotatable bonds is 9. The van der Waals surface area contributed by atoms with Crippen molar-refractivity contribution < 1.29 is 22.7 Å². The molecule has 0 saturated carbocycles. The smallest absolute Gasteiger partial charge is 0.315 e. The highest BCUT2D eigenvalue weighted by molar-refractivity contribution is 7.99. The number of ether oxygens (including phenoxy) is 1. The number of hydrogen-bond acceptors (Lipinski definition) is 6. The molecule has 0 radical (unpaired) electrons. The van der Waals surface area contributed by atoms with Crippen molar-refractivity contribution in [2.75, 3.05) is 28.7 Å². The van der Waals surface area contributed by atoms with E-state index in [-0.39, 0.29) is 28.9 Å². The van der Waals surface area contributed by atoms with Gasteiger partial charge in [0.15, 0.2) is 0 Å². The van der Waals surface area contributed by atoms with Crippen LogP contribution in [-0.4, -0.2) is 38.9 Å². The second-order valence-corrected chi connectivity index (χ2v) is 9.14. The van der Waals surface area contributed by atoms with Gasteiger partial charge in [-0.3, -0.25) is 14.3 Å². The zero-order chi connectivity index (χ0) is 21.4. The van der Waals surface area contributed by atoms with Gasteiger partial charge in [0.1, 0.15) is 0 Å². The number of methoxy groups -OCH3 is 1. The summed E-state index contributed by atoms with van der Waals surface area (Å²) in [6.45, 7) is 3.57. The molecule has 0 heterocycles. The van der Waals surface area contributed by atoms with Crippen LogP contribution >= 0.6 is 11.8 Å². The van der Waals surface area contributed by atoms with Crippen LogP contribution in [0.2, 0.25) is 0 Å². The van der Waals surface area contributed by atoms with E-state index < -0.39 is 10.0 Å². The topological polar surface area (TPSA) is 102 Å². The van der Waals surface area contributed by atoms with Gasteiger partial charge in [-0.25, -0.2) is 8.42 Å². The van der Waals surface area contributed by atoms with Crippen LogP contribution in [0, 0.1) is 13.8 Å². The molecule has 0 aliphatic carbocycles. The Bertz CT molecular complexity index is 990. The summed E-state index contributed by atoms with van der Waals surface area (Å²) in [4.78, 5) is 23.2. The first-order chi connectivity index (χ1) is 13.7. The Kier molecular flexibility index (Phi) is 8.10. The Morgan fingerprint density at radius 1 is 1.07 bits per heavy atom. The quantitative estimate of drug-likeness (QED) is 0.462. The summed E-state index contributed by atoms with van der Waals surface area (Å²) in [6.07, 6.45) is 0.194. The minimum absolute atomic E-state index is 0.0943. The third-order valence-corrected chi connectivity index (χ3v) is 6.41. The zero-order valence-corrected chi connectivity index (χ0v) is 18.2. The molecule has 1 amide bonds. The van der Waals surface area contributed by atoms with Gasteiger partial charge in [-0.2, -0.15) is 0 Å². The number of aryl methyl sites for hydroxylation is 2. The number of benzene rings is 2. The minimum atomic E-state index is -3.81. The van der Waals surface area contributed by atoms with Crippen LogP contribution < -0.4 is 10.0 Å². The number of amides is 1. The van der Waals surface area contributed by atoms with E-state index in [9.17, 15) is 18.0 Å². The number of hydrogen-bond donors (Lipinski definition) is 2. The fourth-order valence-corrected chi connectivity index (χ4v) is 4.57. The van der Waals surface area contributed by atoms with E-state index in [1.165, 1.54) is 24.9 Å². The van der Waals surface area contributed by atoms with Gasteiger partial charge in [-0.05, 0) is 49.2 Å². The van der Waals surface area contributed by atoms with Crippen LogP contribution in [0.25, 0.3) is 0 Å². The van der Waals surface area contributed by atoms with Gasteiger partial charge in [-0.15, -0.1) is 11.8 Å². The maximum Gasteiger partial charge on any atom is 0.315 e. The molecule has 9 heteroatoms. The van der Waals surface area contributed by atoms with E-state index >= 15 is 0 Å². The maximum atomic E-state index is 12.8. The summed E-state index contributed by atoms with van der Waals surface area (Å²) in [5.41, 5.74) is 2.37. The molecule has 0 aliphatic rings. The molecule has 0 atom stereocenters. The fourth-order valence-electron chi connectivity index (χ4n) is 2.49. The molecule has 0 unspecified atom stereocenters. The summed E-state index contributed by atoms with van der Waals surface area (Å²) in [5, 5.41) is 2.70. The van der Waals surface area contributed by atoms with Gasteiger partial charge in [-0.1, -0.05) is 18.2 Å². The molecule has 7 nitrogen and oxygen atoms in total. The molecule has 29 heavy (non-hydrogen) atoms. The zero-order valence-electron chi connectivity index (χ0n) is 16.5. The third-order valence-electron chi connectivity index (χ3n) is 3.95. The lowest BCUT2D eigenvalue weighted by molar-refractivity contribution is -0.137. The minimum Gasteiger partial charge on any atom is -0.468 e. The first-order valence-corrected chi connectivity index (χ1v) is 11.5. The van der Waals surface area contributed by atoms with Crippen LogP contribution in [0.4, 0.5) is 11.4 Å². The SMILES string of the molecule is COC(=O)CSCCC(=O)Nc1ccc(C)c(S(=O)(=O)Nc2cccc(C)c2)c1. The van der Waals surface area contributed by atoms with Crippen molar-refractivity contribution in [3.05, 3.63) is 53.6 Å². The van der Waals surface area contributed by atoms with Crippen molar-refractivity contribution in [3.8, 4) is 0 Å². The van der Waals surface area contributed by atoms with Crippen molar-refractivity contribution in [1.82, 2.24) is 0 Å². The molecule has 0 aliphatic heterocycles. The summed E-state index contributed by atoms with van der Waals surface area (Å²) in [6, 6.07) is 11.8. The third kappa shape index (κ3) is 7.10. The highest BCUT2D eigenvalue weighted by Gasteiger charge is 2.18. The van der Waals surface area contributed by atoms with Crippen molar-refractivity contribution in [2.45, 2.75) is 25.2 Å². The van der Waals surface area contributed by atoms with E-state index in [1.54, 1.807) is 37.3 Å². The highest BCUT2D eigenvalue weighted by Crippen LogP contribution is 2.23. The van der Waals surface area contributed by atoms with Crippen molar-refractivity contribution in [1.29, 1.82) is 0 Å². The van der Waals surface area contributed by atoms with E-state index in [4.69, 9.17) is 0 Å². The normalized spacial score (nSPS) is 11.0. The number of carbonyl (C=O) groups is 2. The second-order valence-electron chi connectivity index (χ2n) is 6.38. The summed E-state index contributed by atoms with van der Waals surface area (Å²) in [5.74, 6) is 0.0277. The van der Waals surface area contributed by atoms with Crippen LogP contribution in [0.3, 0.4) is 0 Å². The molecule has 0 aromatic heterocycles. The maximum absolute atomic E-state index is 12.8. The number of thioether (sulfide) groups is 1. The Morgan fingerprint density at radius 2 is 1.83 bits per heavy atom. The Labute approximate surface area is 175 Å². The molecule has 0 bridgehead atoms. The first kappa shape index (κ1) is 22.8. The van der Waals surface area contributed by atoms with Gasteiger partial charge in [0.25, 0.3) is 10.0 Å². The number of nitrogens with one attached hydrogen (secondary N) is 2. The summed E-state index contributed by atoms with van der Waals surface area (Å²) < 4.78 is 32.7. The molecule has 156 valence electrons. The predicted molar refractivity (Wildman–Crippen MR) is 116 cm³/mol. The standard InChI is InChI=1S/C20H24N2O5S2/c1-14-5-4-6-17(11-14)22-29(25,26)18-12-16(8-7-15(18)2)21-19(23)9-10-28-13-20(24)27-3/h4-8,11-12,22H,9-10,13H2,1-3H3,(H,21,23). The molecule has 0 saturated heterocycles. The fraction of sp³-hybridized carbons (Fsp3) is 0.300. The second kappa shape index (κ2) is 10.3. The molecule has 0 spiro atoms. The van der Waals surface area contributed by atoms with Crippen LogP contribution in [-0.2, 0) is 24.3 Å². The van der Waals surface area contributed by atoms with E-state index in [1.807, 2.05) is 13.0 Å². The van der Waals surface area contributed by atoms with Crippen LogP contribution in [0.5, 0.6) is 0 Å². The Balaban J connectivity index is 2.05. The lowest BCUT2D eigenvalue weighted by Crippen LogP contribution is -2.16. The first-order valence-electron chi connectivity index (χ1n) is 8.86. The lowest BCUT2D eigenvalue weighted by atomic mass is 10.2. The molecular formula is C20H24N2O5S2. The molecule has 2 aromatic rings. The summed E-state index contributed by atoms with van der Waals surface area (Å²) in [7, 11) is -2.50.